The maximum atomic E-state index is 12.9. The molecule has 11 nitrogen and oxygen atoms in total. The van der Waals surface area contributed by atoms with Crippen LogP contribution in [0.5, 0.6) is 0 Å². The van der Waals surface area contributed by atoms with E-state index in [9.17, 15) is 14.4 Å². The van der Waals surface area contributed by atoms with E-state index in [-0.39, 0.29) is 11.3 Å². The van der Waals surface area contributed by atoms with Crippen LogP contribution in [-0.2, 0) is 11.8 Å². The van der Waals surface area contributed by atoms with Gasteiger partial charge in [0.25, 0.3) is 11.8 Å². The number of rotatable bonds is 6. The fraction of sp³-hybridized carbons (Fsp3) is 0.143. The van der Waals surface area contributed by atoms with Crippen molar-refractivity contribution in [2.75, 3.05) is 18.9 Å². The zero-order valence-corrected chi connectivity index (χ0v) is 17.3. The van der Waals surface area contributed by atoms with Gasteiger partial charge in [-0.25, -0.2) is 9.50 Å². The molecule has 0 aliphatic carbocycles. The fourth-order valence-corrected chi connectivity index (χ4v) is 3.20. The first kappa shape index (κ1) is 20.7. The van der Waals surface area contributed by atoms with E-state index >= 15 is 0 Å². The number of aromatic nitrogens is 5. The van der Waals surface area contributed by atoms with E-state index in [1.54, 1.807) is 22.8 Å². The molecule has 0 bridgehead atoms. The molecule has 162 valence electrons. The van der Waals surface area contributed by atoms with Gasteiger partial charge in [0.1, 0.15) is 12.2 Å². The average Bonchev–Trinajstić information content (AvgIpc) is 3.36. The van der Waals surface area contributed by atoms with Gasteiger partial charge >= 0.3 is 5.97 Å². The summed E-state index contributed by atoms with van der Waals surface area (Å²) in [5.41, 5.74) is 1.87. The Morgan fingerprint density at radius 2 is 1.91 bits per heavy atom. The number of nitrogens with one attached hydrogen (secondary N) is 1. The molecule has 0 aliphatic heterocycles. The molecule has 0 fully saturated rings. The summed E-state index contributed by atoms with van der Waals surface area (Å²) in [6.07, 6.45) is 2.91. The monoisotopic (exact) mass is 433 g/mol. The van der Waals surface area contributed by atoms with Crippen molar-refractivity contribution >= 4 is 29.1 Å². The van der Waals surface area contributed by atoms with Crippen LogP contribution in [0, 0.1) is 0 Å². The number of hydrogen-bond donors (Lipinski definition) is 2. The van der Waals surface area contributed by atoms with Crippen LogP contribution in [0.15, 0.2) is 54.9 Å². The van der Waals surface area contributed by atoms with Crippen LogP contribution in [0.4, 0.5) is 5.69 Å². The van der Waals surface area contributed by atoms with Crippen molar-refractivity contribution in [3.63, 3.8) is 0 Å². The van der Waals surface area contributed by atoms with E-state index in [0.29, 0.717) is 17.2 Å². The smallest absolute Gasteiger partial charge is 0.323 e. The van der Waals surface area contributed by atoms with Crippen LogP contribution in [0.3, 0.4) is 0 Å². The van der Waals surface area contributed by atoms with Gasteiger partial charge < -0.3 is 15.3 Å². The molecule has 0 saturated heterocycles. The van der Waals surface area contributed by atoms with Crippen molar-refractivity contribution in [3.05, 3.63) is 66.1 Å². The quantitative estimate of drug-likeness (QED) is 0.471. The van der Waals surface area contributed by atoms with E-state index in [4.69, 9.17) is 5.11 Å². The Labute approximate surface area is 181 Å². The minimum absolute atomic E-state index is 0.00340. The Bertz CT molecular complexity index is 1330. The molecule has 2 N–H and O–H groups in total. The lowest BCUT2D eigenvalue weighted by molar-refractivity contribution is -0.137. The fourth-order valence-electron chi connectivity index (χ4n) is 3.20. The summed E-state index contributed by atoms with van der Waals surface area (Å²) in [6, 6.07) is 12.8. The van der Waals surface area contributed by atoms with Gasteiger partial charge in [0.15, 0.2) is 11.5 Å². The summed E-state index contributed by atoms with van der Waals surface area (Å²) in [6.45, 7) is -0.498. The first-order valence-corrected chi connectivity index (χ1v) is 9.56. The van der Waals surface area contributed by atoms with Crippen LogP contribution in [0.2, 0.25) is 0 Å². The second kappa shape index (κ2) is 8.30. The highest BCUT2D eigenvalue weighted by Gasteiger charge is 2.25. The summed E-state index contributed by atoms with van der Waals surface area (Å²) in [7, 11) is 2.87. The Morgan fingerprint density at radius 3 is 2.62 bits per heavy atom. The molecule has 0 saturated carbocycles. The molecule has 32 heavy (non-hydrogen) atoms. The minimum Gasteiger partial charge on any atom is -0.480 e. The highest BCUT2D eigenvalue weighted by Crippen LogP contribution is 2.19. The second-order valence-corrected chi connectivity index (χ2v) is 7.06. The number of carboxylic acids is 1. The van der Waals surface area contributed by atoms with Gasteiger partial charge in [-0.1, -0.05) is 30.3 Å². The van der Waals surface area contributed by atoms with E-state index in [1.807, 2.05) is 30.3 Å². The number of benzene rings is 1. The summed E-state index contributed by atoms with van der Waals surface area (Å²) in [5.74, 6) is -1.79. The van der Waals surface area contributed by atoms with E-state index in [0.717, 1.165) is 10.5 Å². The summed E-state index contributed by atoms with van der Waals surface area (Å²) in [4.78, 5) is 41.9. The number of carbonyl (C=O) groups is 3. The van der Waals surface area contributed by atoms with E-state index in [2.05, 4.69) is 20.5 Å². The van der Waals surface area contributed by atoms with Crippen molar-refractivity contribution in [3.8, 4) is 11.4 Å². The zero-order valence-electron chi connectivity index (χ0n) is 17.3. The zero-order chi connectivity index (χ0) is 22.8. The average molecular weight is 433 g/mol. The second-order valence-electron chi connectivity index (χ2n) is 7.06. The predicted octanol–water partition coefficient (Wildman–Crippen LogP) is 1.54. The van der Waals surface area contributed by atoms with Gasteiger partial charge in [0.2, 0.25) is 0 Å². The third kappa shape index (κ3) is 4.03. The third-order valence-electron chi connectivity index (χ3n) is 4.73. The highest BCUT2D eigenvalue weighted by molar-refractivity contribution is 6.11. The number of aliphatic carboxylic acids is 1. The molecule has 0 unspecified atom stereocenters. The Morgan fingerprint density at radius 1 is 1.16 bits per heavy atom. The summed E-state index contributed by atoms with van der Waals surface area (Å²) >= 11 is 0. The van der Waals surface area contributed by atoms with Gasteiger partial charge in [0.05, 0.1) is 11.8 Å². The first-order chi connectivity index (χ1) is 15.3. The molecule has 0 aliphatic rings. The normalized spacial score (nSPS) is 10.8. The SMILES string of the molecule is CN(CC(=O)O)C(=O)c1cnn(C)c1C(=O)Nc1ccn2nc(-c3ccccc3)nc2c1. The predicted molar refractivity (Wildman–Crippen MR) is 114 cm³/mol. The van der Waals surface area contributed by atoms with Crippen LogP contribution in [0.1, 0.15) is 20.8 Å². The maximum Gasteiger partial charge on any atom is 0.323 e. The molecule has 1 aromatic carbocycles. The third-order valence-corrected chi connectivity index (χ3v) is 4.73. The van der Waals surface area contributed by atoms with Crippen molar-refractivity contribution in [1.29, 1.82) is 0 Å². The molecule has 3 heterocycles. The Hall–Kier alpha value is -4.54. The number of aryl methyl sites for hydroxylation is 1. The lowest BCUT2D eigenvalue weighted by atomic mass is 10.2. The number of carbonyl (C=O) groups excluding carboxylic acids is 2. The van der Waals surface area contributed by atoms with Crippen LogP contribution < -0.4 is 5.32 Å². The molecular weight excluding hydrogens is 414 g/mol. The number of nitrogens with zero attached hydrogens (tertiary/aromatic N) is 6. The topological polar surface area (TPSA) is 135 Å². The lowest BCUT2D eigenvalue weighted by Crippen LogP contribution is -2.33. The van der Waals surface area contributed by atoms with E-state index in [1.165, 1.54) is 25.0 Å². The minimum atomic E-state index is -1.16. The number of pyridine rings is 1. The maximum absolute atomic E-state index is 12.9. The molecule has 0 atom stereocenters. The summed E-state index contributed by atoms with van der Waals surface area (Å²) in [5, 5.41) is 20.1. The van der Waals surface area contributed by atoms with Crippen molar-refractivity contribution in [1.82, 2.24) is 29.3 Å². The Kier molecular flexibility index (Phi) is 5.37. The Balaban J connectivity index is 1.59. The van der Waals surface area contributed by atoms with Gasteiger partial charge in [-0.3, -0.25) is 19.1 Å². The molecule has 4 rings (SSSR count). The molecule has 4 aromatic rings. The van der Waals surface area contributed by atoms with E-state index < -0.39 is 24.3 Å². The lowest BCUT2D eigenvalue weighted by Gasteiger charge is -2.14. The van der Waals surface area contributed by atoms with Gasteiger partial charge in [-0.15, -0.1) is 5.10 Å². The van der Waals surface area contributed by atoms with Gasteiger partial charge in [0, 0.05) is 37.6 Å². The van der Waals surface area contributed by atoms with Crippen LogP contribution in [0.25, 0.3) is 17.0 Å². The molecule has 11 heteroatoms. The standard InChI is InChI=1S/C21H19N7O4/c1-26(12-17(29)30)21(32)15-11-22-27(2)18(15)20(31)23-14-8-9-28-16(10-14)24-19(25-28)13-6-4-3-5-7-13/h3-11H,12H2,1-2H3,(H,23,31)(H,29,30). The summed E-state index contributed by atoms with van der Waals surface area (Å²) < 4.78 is 2.86. The number of likely N-dealkylation sites (N-methyl/N-ethyl adjacent to an activating group) is 1. The largest absolute Gasteiger partial charge is 0.480 e. The van der Waals surface area contributed by atoms with Gasteiger partial charge in [-0.2, -0.15) is 5.10 Å². The van der Waals surface area contributed by atoms with Crippen molar-refractivity contribution in [2.24, 2.45) is 7.05 Å². The number of fused-ring (bicyclic) bond motifs is 1. The highest BCUT2D eigenvalue weighted by atomic mass is 16.4. The number of amides is 2. The molecule has 0 radical (unpaired) electrons. The van der Waals surface area contributed by atoms with Crippen molar-refractivity contribution in [2.45, 2.75) is 0 Å². The molecule has 0 spiro atoms. The number of anilines is 1. The first-order valence-electron chi connectivity index (χ1n) is 9.56. The number of hydrogen-bond acceptors (Lipinski definition) is 6. The van der Waals surface area contributed by atoms with Crippen LogP contribution >= 0.6 is 0 Å². The molecular formula is C21H19N7O4. The number of carboxylic acid groups (broad SMARTS) is 1. The molecule has 3 aromatic heterocycles. The van der Waals surface area contributed by atoms with Crippen molar-refractivity contribution < 1.29 is 19.5 Å². The van der Waals surface area contributed by atoms with Crippen LogP contribution in [-0.4, -0.2) is 65.8 Å². The molecule has 2 amide bonds. The van der Waals surface area contributed by atoms with Gasteiger partial charge in [-0.05, 0) is 6.07 Å².